The first-order chi connectivity index (χ1) is 5.65. The molecule has 0 amide bonds. The molecule has 1 fully saturated rings. The molecule has 1 heterocycles. The molecule has 1 rings (SSSR count). The highest BCUT2D eigenvalue weighted by Gasteiger charge is 2.33. The van der Waals surface area contributed by atoms with E-state index in [4.69, 9.17) is 9.31 Å². The van der Waals surface area contributed by atoms with Crippen LogP contribution in [0.3, 0.4) is 0 Å². The molecule has 0 unspecified atom stereocenters. The van der Waals surface area contributed by atoms with Gasteiger partial charge in [-0.25, -0.2) is 0 Å². The van der Waals surface area contributed by atoms with Crippen molar-refractivity contribution < 1.29 is 9.31 Å². The molecule has 0 saturated carbocycles. The summed E-state index contributed by atoms with van der Waals surface area (Å²) >= 11 is 0. The Morgan fingerprint density at radius 3 is 2.58 bits per heavy atom. The van der Waals surface area contributed by atoms with Gasteiger partial charge >= 0.3 is 7.12 Å². The monoisotopic (exact) mass is 170 g/mol. The van der Waals surface area contributed by atoms with E-state index in [2.05, 4.69) is 27.7 Å². The molecule has 0 radical (unpaired) electrons. The van der Waals surface area contributed by atoms with Crippen LogP contribution in [0.4, 0.5) is 0 Å². The van der Waals surface area contributed by atoms with Crippen LogP contribution in [-0.2, 0) is 9.31 Å². The molecule has 70 valence electrons. The minimum atomic E-state index is 0.0165. The van der Waals surface area contributed by atoms with E-state index in [1.807, 2.05) is 0 Å². The van der Waals surface area contributed by atoms with Crippen LogP contribution in [-0.4, -0.2) is 19.8 Å². The van der Waals surface area contributed by atoms with Gasteiger partial charge in [-0.3, -0.25) is 0 Å². The topological polar surface area (TPSA) is 18.5 Å². The smallest absolute Gasteiger partial charge is 0.411 e. The summed E-state index contributed by atoms with van der Waals surface area (Å²) in [7, 11) is 0.0165. The van der Waals surface area contributed by atoms with Gasteiger partial charge in [0, 0.05) is 18.6 Å². The summed E-state index contributed by atoms with van der Waals surface area (Å²) in [5.74, 6) is 1.05. The fraction of sp³-hybridized carbons (Fsp3) is 1.00. The maximum Gasteiger partial charge on any atom is 0.459 e. The maximum atomic E-state index is 5.73. The Kier molecular flexibility index (Phi) is 3.60. The molecule has 2 atom stereocenters. The maximum absolute atomic E-state index is 5.73. The predicted octanol–water partition coefficient (Wildman–Crippen LogP) is 2.35. The van der Waals surface area contributed by atoms with E-state index in [0.717, 1.165) is 13.0 Å². The minimum absolute atomic E-state index is 0.0165. The summed E-state index contributed by atoms with van der Waals surface area (Å²) in [5.41, 5.74) is 0. The molecule has 1 saturated heterocycles. The molecule has 3 heteroatoms. The fourth-order valence-electron chi connectivity index (χ4n) is 1.52. The van der Waals surface area contributed by atoms with Gasteiger partial charge in [-0.1, -0.05) is 20.8 Å². The first-order valence-electron chi connectivity index (χ1n) is 4.92. The molecular weight excluding hydrogens is 151 g/mol. The average molecular weight is 170 g/mol. The number of rotatable bonds is 2. The van der Waals surface area contributed by atoms with Crippen molar-refractivity contribution in [3.05, 3.63) is 0 Å². The third kappa shape index (κ3) is 2.24. The van der Waals surface area contributed by atoms with E-state index in [0.29, 0.717) is 17.8 Å². The Hall–Kier alpha value is -0.0151. The molecular formula is C9H19BO2. The molecule has 0 aromatic heterocycles. The van der Waals surface area contributed by atoms with Crippen LogP contribution in [0, 0.1) is 5.92 Å². The van der Waals surface area contributed by atoms with Crippen molar-refractivity contribution in [2.45, 2.75) is 46.0 Å². The number of hydrogen-bond acceptors (Lipinski definition) is 2. The van der Waals surface area contributed by atoms with Crippen molar-refractivity contribution in [2.24, 2.45) is 5.92 Å². The summed E-state index contributed by atoms with van der Waals surface area (Å²) in [6, 6.07) is 0. The van der Waals surface area contributed by atoms with Crippen LogP contribution < -0.4 is 0 Å². The van der Waals surface area contributed by atoms with E-state index >= 15 is 0 Å². The first kappa shape index (κ1) is 10.1. The van der Waals surface area contributed by atoms with Crippen molar-refractivity contribution in [1.82, 2.24) is 0 Å². The van der Waals surface area contributed by atoms with Crippen LogP contribution in [0.2, 0.25) is 5.82 Å². The highest BCUT2D eigenvalue weighted by atomic mass is 16.6. The van der Waals surface area contributed by atoms with Crippen LogP contribution in [0.15, 0.2) is 0 Å². The molecule has 0 aliphatic carbocycles. The molecule has 0 aromatic carbocycles. The summed E-state index contributed by atoms with van der Waals surface area (Å²) in [6.07, 6.45) is 1.50. The van der Waals surface area contributed by atoms with Gasteiger partial charge in [0.1, 0.15) is 0 Å². The normalized spacial score (nSPS) is 31.2. The van der Waals surface area contributed by atoms with Gasteiger partial charge in [0.2, 0.25) is 0 Å². The summed E-state index contributed by atoms with van der Waals surface area (Å²) in [4.78, 5) is 0. The molecule has 0 bridgehead atoms. The van der Waals surface area contributed by atoms with Gasteiger partial charge < -0.3 is 9.31 Å². The molecule has 0 spiro atoms. The largest absolute Gasteiger partial charge is 0.459 e. The van der Waals surface area contributed by atoms with E-state index < -0.39 is 0 Å². The van der Waals surface area contributed by atoms with Crippen molar-refractivity contribution in [2.75, 3.05) is 6.61 Å². The quantitative estimate of drug-likeness (QED) is 0.592. The zero-order valence-electron chi connectivity index (χ0n) is 8.54. The number of hydrogen-bond donors (Lipinski definition) is 0. The first-order valence-corrected chi connectivity index (χ1v) is 4.92. The zero-order valence-corrected chi connectivity index (χ0v) is 8.54. The molecule has 12 heavy (non-hydrogen) atoms. The second kappa shape index (κ2) is 4.29. The van der Waals surface area contributed by atoms with Crippen molar-refractivity contribution in [1.29, 1.82) is 0 Å². The lowest BCUT2D eigenvalue weighted by Crippen LogP contribution is -2.42. The van der Waals surface area contributed by atoms with E-state index in [1.54, 1.807) is 0 Å². The van der Waals surface area contributed by atoms with E-state index in [9.17, 15) is 0 Å². The minimum Gasteiger partial charge on any atom is -0.411 e. The van der Waals surface area contributed by atoms with Crippen LogP contribution >= 0.6 is 0 Å². The SMILES string of the molecule is CC[C@H]1COB(C(C)C)O[C@H]1C. The van der Waals surface area contributed by atoms with E-state index in [1.165, 1.54) is 0 Å². The summed E-state index contributed by atoms with van der Waals surface area (Å²) in [5, 5.41) is 0. The van der Waals surface area contributed by atoms with E-state index in [-0.39, 0.29) is 7.12 Å². The summed E-state index contributed by atoms with van der Waals surface area (Å²) in [6.45, 7) is 9.45. The lowest BCUT2D eigenvalue weighted by molar-refractivity contribution is 0.0182. The van der Waals surface area contributed by atoms with Crippen molar-refractivity contribution in [3.63, 3.8) is 0 Å². The lowest BCUT2D eigenvalue weighted by Gasteiger charge is -2.34. The lowest BCUT2D eigenvalue weighted by atomic mass is 9.72. The van der Waals surface area contributed by atoms with Gasteiger partial charge in [-0.2, -0.15) is 0 Å². The molecule has 1 aliphatic heterocycles. The highest BCUT2D eigenvalue weighted by molar-refractivity contribution is 6.46. The standard InChI is InChI=1S/C9H19BO2/c1-5-9-6-11-10(7(2)3)12-8(9)4/h7-9H,5-6H2,1-4H3/t8-,9-/m0/s1. The Bertz CT molecular complexity index is 138. The van der Waals surface area contributed by atoms with Gasteiger partial charge in [0.25, 0.3) is 0 Å². The second-order valence-corrected chi connectivity index (χ2v) is 3.96. The Labute approximate surface area is 75.8 Å². The van der Waals surface area contributed by atoms with Crippen LogP contribution in [0.25, 0.3) is 0 Å². The average Bonchev–Trinajstić information content (AvgIpc) is 2.04. The zero-order chi connectivity index (χ0) is 9.14. The Morgan fingerprint density at radius 2 is 2.17 bits per heavy atom. The van der Waals surface area contributed by atoms with Gasteiger partial charge in [-0.05, 0) is 19.2 Å². The molecule has 0 aromatic rings. The summed E-state index contributed by atoms with van der Waals surface area (Å²) < 4.78 is 11.3. The third-order valence-electron chi connectivity index (χ3n) is 2.56. The van der Waals surface area contributed by atoms with Gasteiger partial charge in [0.15, 0.2) is 0 Å². The van der Waals surface area contributed by atoms with Crippen molar-refractivity contribution >= 4 is 7.12 Å². The molecule has 2 nitrogen and oxygen atoms in total. The van der Waals surface area contributed by atoms with Crippen LogP contribution in [0.1, 0.15) is 34.1 Å². The van der Waals surface area contributed by atoms with Gasteiger partial charge in [0.05, 0.1) is 0 Å². The molecule has 1 aliphatic rings. The van der Waals surface area contributed by atoms with Crippen LogP contribution in [0.5, 0.6) is 0 Å². The second-order valence-electron chi connectivity index (χ2n) is 3.96. The predicted molar refractivity (Wildman–Crippen MR) is 51.1 cm³/mol. The Morgan fingerprint density at radius 1 is 1.50 bits per heavy atom. The fourth-order valence-corrected chi connectivity index (χ4v) is 1.52. The van der Waals surface area contributed by atoms with Gasteiger partial charge in [-0.15, -0.1) is 0 Å². The van der Waals surface area contributed by atoms with Crippen molar-refractivity contribution in [3.8, 4) is 0 Å². The Balaban J connectivity index is 2.40. The highest BCUT2D eigenvalue weighted by Crippen LogP contribution is 2.24. The third-order valence-corrected chi connectivity index (χ3v) is 2.56. The molecule has 0 N–H and O–H groups in total.